The average Bonchev–Trinajstić information content (AvgIpc) is 1.55. The zero-order valence-corrected chi connectivity index (χ0v) is 70.3. The summed E-state index contributed by atoms with van der Waals surface area (Å²) in [6, 6.07) is 150. The molecule has 32 rings (SSSR count). The molecule has 6 nitrogen and oxygen atoms in total. The monoisotopic (exact) mass is 1660 g/mol. The number of fused-ring (bicyclic) bond motifs is 52. The van der Waals surface area contributed by atoms with Crippen LogP contribution >= 0.6 is 22.7 Å². The van der Waals surface area contributed by atoms with Crippen LogP contribution in [-0.2, 0) is 0 Å². The van der Waals surface area contributed by atoms with Crippen molar-refractivity contribution in [2.45, 2.75) is 0 Å². The van der Waals surface area contributed by atoms with Crippen molar-refractivity contribution in [1.82, 2.24) is 17.6 Å². The maximum atomic E-state index is 6.29. The Morgan fingerprint density at radius 1 is 0.133 bits per heavy atom. The van der Waals surface area contributed by atoms with Gasteiger partial charge in [0.1, 0.15) is 22.3 Å². The number of aromatic nitrogens is 4. The van der Waals surface area contributed by atoms with Gasteiger partial charge in [0, 0.05) is 154 Å². The molecule has 0 unspecified atom stereocenters. The molecule has 20 aromatic carbocycles. The molecule has 0 amide bonds. The zero-order chi connectivity index (χ0) is 83.2. The van der Waals surface area contributed by atoms with Gasteiger partial charge in [-0.3, -0.25) is 0 Å². The molecule has 0 saturated carbocycles. The van der Waals surface area contributed by atoms with Crippen LogP contribution in [0.4, 0.5) is 0 Å². The second-order valence-electron chi connectivity index (χ2n) is 34.4. The minimum atomic E-state index is 0.928. The number of pyridine rings is 4. The minimum Gasteiger partial charge on any atom is -0.456 e. The molecule has 128 heavy (non-hydrogen) atoms. The summed E-state index contributed by atoms with van der Waals surface area (Å²) >= 11 is 3.78. The maximum absolute atomic E-state index is 6.29. The molecule has 32 aromatic rings. The number of benzene rings is 20. The summed E-state index contributed by atoms with van der Waals surface area (Å²) in [5.41, 5.74) is 18.7. The van der Waals surface area contributed by atoms with Gasteiger partial charge in [0.25, 0.3) is 0 Å². The van der Waals surface area contributed by atoms with Gasteiger partial charge in [-0.15, -0.1) is 22.7 Å². The number of hydrogen-bond donors (Lipinski definition) is 0. The van der Waals surface area contributed by atoms with E-state index < -0.39 is 0 Å². The Morgan fingerprint density at radius 3 is 0.805 bits per heavy atom. The van der Waals surface area contributed by atoms with Crippen molar-refractivity contribution in [1.29, 1.82) is 0 Å². The lowest BCUT2D eigenvalue weighted by Crippen LogP contribution is -1.92. The number of furan rings is 2. The lowest BCUT2D eigenvalue weighted by molar-refractivity contribution is 0.669. The molecule has 12 heterocycles. The summed E-state index contributed by atoms with van der Waals surface area (Å²) in [5, 5.41) is 41.0. The van der Waals surface area contributed by atoms with Gasteiger partial charge < -0.3 is 26.4 Å². The first kappa shape index (κ1) is 70.1. The van der Waals surface area contributed by atoms with E-state index in [0.717, 1.165) is 43.9 Å². The Hall–Kier alpha value is -16.4. The highest BCUT2D eigenvalue weighted by atomic mass is 32.1. The number of thiophene rings is 2. The molecule has 0 atom stereocenters. The van der Waals surface area contributed by atoms with E-state index in [0.29, 0.717) is 0 Å². The van der Waals surface area contributed by atoms with Gasteiger partial charge in [-0.05, 0) is 158 Å². The number of para-hydroxylation sites is 6. The van der Waals surface area contributed by atoms with Crippen LogP contribution in [0, 0.1) is 0 Å². The molecule has 12 aromatic heterocycles. The van der Waals surface area contributed by atoms with Gasteiger partial charge in [0.2, 0.25) is 0 Å². The van der Waals surface area contributed by atoms with Gasteiger partial charge in [-0.1, -0.05) is 291 Å². The second kappa shape index (κ2) is 26.6. The Balaban J connectivity index is 0.0000000845. The van der Waals surface area contributed by atoms with Gasteiger partial charge in [0.05, 0.1) is 66.2 Å². The van der Waals surface area contributed by atoms with Crippen LogP contribution in [0.2, 0.25) is 0 Å². The van der Waals surface area contributed by atoms with Crippen LogP contribution in [0.5, 0.6) is 0 Å². The van der Waals surface area contributed by atoms with E-state index in [1.165, 1.54) is 236 Å². The van der Waals surface area contributed by atoms with Gasteiger partial charge in [-0.2, -0.15) is 0 Å². The minimum absolute atomic E-state index is 0.928. The number of rotatable bonds is 0. The van der Waals surface area contributed by atoms with E-state index in [1.54, 1.807) is 0 Å². The van der Waals surface area contributed by atoms with Crippen molar-refractivity contribution in [2.24, 2.45) is 0 Å². The summed E-state index contributed by atoms with van der Waals surface area (Å²) < 4.78 is 27.7. The first-order chi connectivity index (χ1) is 63.5. The first-order valence-corrected chi connectivity index (χ1v) is 45.4. The van der Waals surface area contributed by atoms with Crippen molar-refractivity contribution in [3.8, 4) is 0 Å². The van der Waals surface area contributed by atoms with Crippen molar-refractivity contribution >= 4 is 302 Å². The highest BCUT2D eigenvalue weighted by Gasteiger charge is 2.24. The molecule has 0 spiro atoms. The predicted molar refractivity (Wildman–Crippen MR) is 550 cm³/mol. The van der Waals surface area contributed by atoms with Gasteiger partial charge in [-0.25, -0.2) is 0 Å². The normalized spacial score (nSPS) is 12.4. The topological polar surface area (TPSA) is 43.9 Å². The number of hydrogen-bond acceptors (Lipinski definition) is 4. The lowest BCUT2D eigenvalue weighted by atomic mass is 9.97. The van der Waals surface area contributed by atoms with Crippen LogP contribution in [0.25, 0.3) is 280 Å². The third-order valence-corrected chi connectivity index (χ3v) is 30.0. The molecule has 8 heteroatoms. The van der Waals surface area contributed by atoms with E-state index in [1.807, 2.05) is 46.9 Å². The second-order valence-corrected chi connectivity index (χ2v) is 36.6. The SMILES string of the molecule is c1ccc2c(c1)ccc1c2c2cc3c(cc2n2c4ccccc4cc12)oc1ccccc13.c1ccc2c(c1)ccc1c2c2cc3c(cc2n2c4ccccc4cc12)sc1ccccc13.c1ccc2c(c1)ccc1c2c2cc3oc4ccccc4c3cc2n2c3ccccc3cc12.c1ccc2c(c1)ccc1c2c2cc3sc4ccccc4c3cc2n2c3ccccc3cc12. The largest absolute Gasteiger partial charge is 0.456 e. The summed E-state index contributed by atoms with van der Waals surface area (Å²) in [6.45, 7) is 0. The zero-order valence-electron chi connectivity index (χ0n) is 68.7. The van der Waals surface area contributed by atoms with E-state index in [4.69, 9.17) is 8.83 Å². The molecule has 0 N–H and O–H groups in total. The van der Waals surface area contributed by atoms with E-state index in [9.17, 15) is 0 Å². The molecule has 592 valence electrons. The van der Waals surface area contributed by atoms with Crippen LogP contribution in [0.1, 0.15) is 0 Å². The van der Waals surface area contributed by atoms with Gasteiger partial charge >= 0.3 is 0 Å². The molecule has 0 saturated heterocycles. The molecule has 0 fully saturated rings. The molecule has 0 bridgehead atoms. The fourth-order valence-electron chi connectivity index (χ4n) is 22.1. The number of nitrogens with zero attached hydrogens (tertiary/aromatic N) is 4. The van der Waals surface area contributed by atoms with E-state index in [2.05, 4.69) is 406 Å². The fraction of sp³-hybridized carbons (Fsp3) is 0. The predicted octanol–water partition coefficient (Wildman–Crippen LogP) is 34.7. The summed E-state index contributed by atoms with van der Waals surface area (Å²) in [6.07, 6.45) is 0. The third-order valence-electron chi connectivity index (χ3n) is 27.7. The average molecular weight is 1660 g/mol. The van der Waals surface area contributed by atoms with E-state index >= 15 is 0 Å². The Labute approximate surface area is 735 Å². The Bertz CT molecular complexity index is 9940. The quantitative estimate of drug-likeness (QED) is 0.142. The Kier molecular flexibility index (Phi) is 14.6. The maximum Gasteiger partial charge on any atom is 0.137 e. The molecular weight excluding hydrogens is 1590 g/mol. The summed E-state index contributed by atoms with van der Waals surface area (Å²) in [7, 11) is 0. The molecule has 0 aliphatic rings. The summed E-state index contributed by atoms with van der Waals surface area (Å²) in [5.74, 6) is 0. The Morgan fingerprint density at radius 2 is 0.398 bits per heavy atom. The fourth-order valence-corrected chi connectivity index (χ4v) is 24.4. The molecule has 0 radical (unpaired) electrons. The standard InChI is InChI=1S/2C30H17NO.2C30H17NS/c1-3-9-20-18(7-1)13-14-22-26-15-19-8-2-5-11-25(19)31(26)27-16-23-21-10-4-6-12-28(21)32-29(23)17-24(27)30(20)22;1-3-9-20-18(7-1)13-14-22-26-15-19-8-2-5-11-25(19)31(26)27-17-29-23(16-24(27)30(20)22)21-10-4-6-12-28(21)32-29;1-3-9-20-18(7-1)13-14-22-26-15-19-8-2-5-11-25(19)31(26)27-16-23-21-10-4-6-12-28(21)32-29(23)17-24(27)30(20)22;1-3-9-20-18(7-1)13-14-22-26-15-19-8-2-5-11-25(19)31(26)27-17-29-23(16-24(27)30(20)22)21-10-4-6-12-28(21)32-29/h4*1-17H. The highest BCUT2D eigenvalue weighted by Crippen LogP contribution is 2.49. The van der Waals surface area contributed by atoms with Crippen LogP contribution in [0.3, 0.4) is 0 Å². The van der Waals surface area contributed by atoms with Crippen molar-refractivity contribution in [3.63, 3.8) is 0 Å². The molecular formula is C120H68N4O2S2. The van der Waals surface area contributed by atoms with Gasteiger partial charge in [0.15, 0.2) is 0 Å². The van der Waals surface area contributed by atoms with Crippen molar-refractivity contribution in [3.05, 3.63) is 413 Å². The van der Waals surface area contributed by atoms with Crippen molar-refractivity contribution in [2.75, 3.05) is 0 Å². The molecule has 0 aliphatic heterocycles. The lowest BCUT2D eigenvalue weighted by Gasteiger charge is -2.13. The third kappa shape index (κ3) is 10.0. The van der Waals surface area contributed by atoms with Crippen LogP contribution in [0.15, 0.2) is 421 Å². The first-order valence-electron chi connectivity index (χ1n) is 43.8. The smallest absolute Gasteiger partial charge is 0.137 e. The molecule has 0 aliphatic carbocycles. The summed E-state index contributed by atoms with van der Waals surface area (Å²) in [4.78, 5) is 0. The van der Waals surface area contributed by atoms with E-state index in [-0.39, 0.29) is 0 Å². The van der Waals surface area contributed by atoms with Crippen LogP contribution < -0.4 is 0 Å². The highest BCUT2D eigenvalue weighted by molar-refractivity contribution is 7.26. The van der Waals surface area contributed by atoms with Crippen LogP contribution in [-0.4, -0.2) is 17.6 Å². The van der Waals surface area contributed by atoms with Crippen molar-refractivity contribution < 1.29 is 8.83 Å².